The van der Waals surface area contributed by atoms with Crippen molar-refractivity contribution in [3.05, 3.63) is 40.5 Å². The average molecular weight is 459 g/mol. The number of amides is 1. The molecule has 0 bridgehead atoms. The van der Waals surface area contributed by atoms with E-state index < -0.39 is 24.2 Å². The molecule has 0 radical (unpaired) electrons. The van der Waals surface area contributed by atoms with E-state index in [2.05, 4.69) is 15.7 Å². The van der Waals surface area contributed by atoms with Gasteiger partial charge in [0.25, 0.3) is 5.91 Å². The van der Waals surface area contributed by atoms with Crippen LogP contribution < -0.4 is 15.4 Å². The summed E-state index contributed by atoms with van der Waals surface area (Å²) in [5, 5.41) is 9.46. The number of halogens is 4. The van der Waals surface area contributed by atoms with Gasteiger partial charge in [0.2, 0.25) is 0 Å². The third-order valence-corrected chi connectivity index (χ3v) is 5.90. The highest BCUT2D eigenvalue weighted by atomic mass is 35.5. The molecule has 3 atom stereocenters. The molecule has 2 aliphatic rings. The van der Waals surface area contributed by atoms with Gasteiger partial charge in [-0.05, 0) is 30.5 Å². The summed E-state index contributed by atoms with van der Waals surface area (Å²) in [6.45, 7) is 0.881. The van der Waals surface area contributed by atoms with Crippen LogP contribution in [0.1, 0.15) is 47.4 Å². The van der Waals surface area contributed by atoms with Gasteiger partial charge in [-0.15, -0.1) is 0 Å². The molecule has 1 aromatic heterocycles. The molecule has 1 saturated heterocycles. The Kier molecular flexibility index (Phi) is 6.02. The van der Waals surface area contributed by atoms with Crippen LogP contribution in [-0.4, -0.2) is 48.2 Å². The van der Waals surface area contributed by atoms with Crippen LogP contribution in [0.3, 0.4) is 0 Å². The highest BCUT2D eigenvalue weighted by molar-refractivity contribution is 6.36. The summed E-state index contributed by atoms with van der Waals surface area (Å²) in [6.07, 6.45) is -3.25. The van der Waals surface area contributed by atoms with Crippen molar-refractivity contribution >= 4 is 23.3 Å². The predicted octanol–water partition coefficient (Wildman–Crippen LogP) is 4.11. The Bertz CT molecular complexity index is 942. The van der Waals surface area contributed by atoms with Gasteiger partial charge >= 0.3 is 6.18 Å². The number of rotatable bonds is 5. The first-order valence-corrected chi connectivity index (χ1v) is 10.3. The summed E-state index contributed by atoms with van der Waals surface area (Å²) in [7, 11) is 1.51. The number of ether oxygens (including phenoxy) is 2. The molecular weight excluding hydrogens is 437 g/mol. The third-order valence-electron chi connectivity index (χ3n) is 5.54. The van der Waals surface area contributed by atoms with Crippen molar-refractivity contribution in [3.63, 3.8) is 0 Å². The van der Waals surface area contributed by atoms with E-state index in [4.69, 9.17) is 21.1 Å². The summed E-state index contributed by atoms with van der Waals surface area (Å²) in [6, 6.07) is 4.15. The minimum Gasteiger partial charge on any atom is -0.497 e. The van der Waals surface area contributed by atoms with Crippen LogP contribution in [0.15, 0.2) is 24.3 Å². The van der Waals surface area contributed by atoms with Gasteiger partial charge in [-0.1, -0.05) is 23.7 Å². The molecule has 11 heteroatoms. The molecule has 2 N–H and O–H groups in total. The van der Waals surface area contributed by atoms with Gasteiger partial charge in [0, 0.05) is 19.6 Å². The fourth-order valence-electron chi connectivity index (χ4n) is 3.89. The molecule has 31 heavy (non-hydrogen) atoms. The van der Waals surface area contributed by atoms with Crippen molar-refractivity contribution in [1.29, 1.82) is 0 Å². The lowest BCUT2D eigenvalue weighted by atomic mass is 9.97. The van der Waals surface area contributed by atoms with Crippen molar-refractivity contribution in [1.82, 2.24) is 15.1 Å². The summed E-state index contributed by atoms with van der Waals surface area (Å²) in [5.74, 6) is -0.0651. The highest BCUT2D eigenvalue weighted by Gasteiger charge is 2.47. The van der Waals surface area contributed by atoms with Crippen LogP contribution in [0.4, 0.5) is 19.0 Å². The Morgan fingerprint density at radius 3 is 2.74 bits per heavy atom. The molecule has 2 aromatic rings. The number of hydrogen-bond acceptors (Lipinski definition) is 5. The van der Waals surface area contributed by atoms with E-state index in [0.29, 0.717) is 17.9 Å². The summed E-state index contributed by atoms with van der Waals surface area (Å²) >= 11 is 6.32. The van der Waals surface area contributed by atoms with Crippen LogP contribution in [0.2, 0.25) is 5.02 Å². The van der Waals surface area contributed by atoms with Gasteiger partial charge in [-0.3, -0.25) is 4.79 Å². The smallest absolute Gasteiger partial charge is 0.410 e. The third kappa shape index (κ3) is 4.45. The number of nitrogens with one attached hydrogen (secondary N) is 2. The van der Waals surface area contributed by atoms with Crippen molar-refractivity contribution in [2.45, 2.75) is 43.6 Å². The second kappa shape index (κ2) is 8.58. The first-order chi connectivity index (χ1) is 14.8. The van der Waals surface area contributed by atoms with E-state index in [1.807, 2.05) is 0 Å². The summed E-state index contributed by atoms with van der Waals surface area (Å²) in [4.78, 5) is 12.6. The SMILES string of the molecule is COc1ccc([C@@H]2C[C@@H](C(F)(F)F)n3nc(C(=O)NC[C@H]4CCCO4)c(Cl)c3N2)cc1. The molecule has 0 aliphatic carbocycles. The van der Waals surface area contributed by atoms with Crippen molar-refractivity contribution in [2.24, 2.45) is 0 Å². The zero-order valence-electron chi connectivity index (χ0n) is 16.7. The first kappa shape index (κ1) is 21.8. The van der Waals surface area contributed by atoms with Crippen molar-refractivity contribution in [2.75, 3.05) is 25.6 Å². The maximum atomic E-state index is 13.9. The minimum absolute atomic E-state index is 0.0293. The number of aromatic nitrogens is 2. The van der Waals surface area contributed by atoms with Gasteiger partial charge in [-0.2, -0.15) is 18.3 Å². The Balaban J connectivity index is 1.61. The number of carbonyl (C=O) groups is 1. The van der Waals surface area contributed by atoms with Gasteiger partial charge in [0.1, 0.15) is 16.6 Å². The molecule has 0 spiro atoms. The van der Waals surface area contributed by atoms with Crippen LogP contribution in [0.25, 0.3) is 0 Å². The fraction of sp³-hybridized carbons (Fsp3) is 0.500. The number of nitrogens with zero attached hydrogens (tertiary/aromatic N) is 2. The summed E-state index contributed by atoms with van der Waals surface area (Å²) in [5.41, 5.74) is 0.398. The number of anilines is 1. The van der Waals surface area contributed by atoms with E-state index in [0.717, 1.165) is 17.5 Å². The second-order valence-corrected chi connectivity index (χ2v) is 7.94. The maximum Gasteiger partial charge on any atom is 0.410 e. The lowest BCUT2D eigenvalue weighted by Gasteiger charge is -2.33. The molecule has 1 amide bonds. The van der Waals surface area contributed by atoms with Crippen LogP contribution in [0.5, 0.6) is 5.75 Å². The standard InChI is InChI=1S/C20H22ClF3N4O3/c1-30-12-6-4-11(5-7-12)14-9-15(20(22,23)24)28-18(26-14)16(21)17(27-28)19(29)25-10-13-3-2-8-31-13/h4-7,13-15,26H,2-3,8-10H2,1H3,(H,25,29)/t13-,14+,15+/m1/s1. The maximum absolute atomic E-state index is 13.9. The van der Waals surface area contributed by atoms with E-state index in [1.165, 1.54) is 7.11 Å². The van der Waals surface area contributed by atoms with E-state index >= 15 is 0 Å². The molecule has 168 valence electrons. The van der Waals surface area contributed by atoms with Crippen molar-refractivity contribution in [3.8, 4) is 5.75 Å². The minimum atomic E-state index is -4.57. The number of methoxy groups -OCH3 is 1. The molecule has 1 aromatic carbocycles. The van der Waals surface area contributed by atoms with Crippen molar-refractivity contribution < 1.29 is 27.4 Å². The molecule has 0 unspecified atom stereocenters. The van der Waals surface area contributed by atoms with Crippen LogP contribution in [0, 0.1) is 0 Å². The Morgan fingerprint density at radius 2 is 2.13 bits per heavy atom. The number of hydrogen-bond donors (Lipinski definition) is 2. The number of fused-ring (bicyclic) bond motifs is 1. The molecule has 7 nitrogen and oxygen atoms in total. The Morgan fingerprint density at radius 1 is 1.39 bits per heavy atom. The zero-order valence-corrected chi connectivity index (χ0v) is 17.5. The summed E-state index contributed by atoms with van der Waals surface area (Å²) < 4.78 is 52.9. The van der Waals surface area contributed by atoms with Gasteiger partial charge in [-0.25, -0.2) is 4.68 Å². The van der Waals surface area contributed by atoms with E-state index in [9.17, 15) is 18.0 Å². The zero-order chi connectivity index (χ0) is 22.2. The van der Waals surface area contributed by atoms with Crippen LogP contribution in [-0.2, 0) is 4.74 Å². The lowest BCUT2D eigenvalue weighted by Crippen LogP contribution is -2.36. The number of alkyl halides is 3. The van der Waals surface area contributed by atoms with Gasteiger partial charge in [0.15, 0.2) is 11.7 Å². The molecule has 1 fully saturated rings. The Labute approximate surface area is 181 Å². The predicted molar refractivity (Wildman–Crippen MR) is 108 cm³/mol. The second-order valence-electron chi connectivity index (χ2n) is 7.56. The number of benzene rings is 1. The quantitative estimate of drug-likeness (QED) is 0.705. The van der Waals surface area contributed by atoms with Gasteiger partial charge in [0.05, 0.1) is 19.3 Å². The molecular formula is C20H22ClF3N4O3. The Hall–Kier alpha value is -2.46. The largest absolute Gasteiger partial charge is 0.497 e. The van der Waals surface area contributed by atoms with Crippen LogP contribution >= 0.6 is 11.6 Å². The van der Waals surface area contributed by atoms with E-state index in [1.54, 1.807) is 24.3 Å². The normalized spacial score (nSPS) is 23.2. The van der Waals surface area contributed by atoms with Gasteiger partial charge < -0.3 is 20.1 Å². The fourth-order valence-corrected chi connectivity index (χ4v) is 4.15. The van der Waals surface area contributed by atoms with E-state index in [-0.39, 0.29) is 35.6 Å². The average Bonchev–Trinajstić information content (AvgIpc) is 3.39. The first-order valence-electron chi connectivity index (χ1n) is 9.93. The number of carbonyl (C=O) groups excluding carboxylic acids is 1. The highest BCUT2D eigenvalue weighted by Crippen LogP contribution is 2.46. The molecule has 3 heterocycles. The molecule has 4 rings (SSSR count). The lowest BCUT2D eigenvalue weighted by molar-refractivity contribution is -0.173. The molecule has 0 saturated carbocycles. The monoisotopic (exact) mass is 458 g/mol. The molecule has 2 aliphatic heterocycles. The topological polar surface area (TPSA) is 77.4 Å².